The van der Waals surface area contributed by atoms with Crippen LogP contribution in [0.15, 0.2) is 60.7 Å². The molecular formula is C34H40ClN5O6S. The Hall–Kier alpha value is -3.74. The average molecular weight is 682 g/mol. The fourth-order valence-electron chi connectivity index (χ4n) is 6.86. The lowest BCUT2D eigenvalue weighted by Crippen LogP contribution is -2.57. The smallest absolute Gasteiger partial charge is 0.259 e. The van der Waals surface area contributed by atoms with Crippen molar-refractivity contribution in [2.24, 2.45) is 11.7 Å². The maximum atomic E-state index is 14.1. The Labute approximate surface area is 280 Å². The topological polar surface area (TPSA) is 161 Å². The van der Waals surface area contributed by atoms with E-state index < -0.39 is 50.8 Å². The molecular weight excluding hydrogens is 642 g/mol. The quantitative estimate of drug-likeness (QED) is 0.273. The van der Waals surface area contributed by atoms with Gasteiger partial charge in [0.15, 0.2) is 0 Å². The molecule has 5 atom stereocenters. The Balaban J connectivity index is 0.00000386. The lowest BCUT2D eigenvalue weighted by Gasteiger charge is -2.28. The van der Waals surface area contributed by atoms with Gasteiger partial charge in [-0.3, -0.25) is 19.1 Å². The number of fused-ring (bicyclic) bond motifs is 5. The van der Waals surface area contributed by atoms with E-state index in [-0.39, 0.29) is 43.6 Å². The summed E-state index contributed by atoms with van der Waals surface area (Å²) < 4.78 is 34.1. The molecule has 11 nitrogen and oxygen atoms in total. The highest BCUT2D eigenvalue weighted by Crippen LogP contribution is 2.46. The van der Waals surface area contributed by atoms with Crippen LogP contribution in [0.25, 0.3) is 21.7 Å². The number of carbonyl (C=O) groups is 3. The molecule has 1 aromatic heterocycles. The normalized spacial score (nSPS) is 29.0. The standard InChI is InChI=1S/C34H39N5O6S.ClH/c35-27-14-5-3-1-2-4-10-21-19-34(21,33(42)38-46(43,44)23-16-17-23)37-30(40)29-18-22(20-39(29)32(27)41)45-31-26-13-7-6-11-24(26)25-12-8-9-15-28(25)36-31;/h4,6-13,15,21-23,27,29H,1-3,5,14,16-20,35H2,(H,37,40)(H,38,42);1H/b10-4-;/t21-,22-,27+,29+,34-;/m1./s1. The number of pyridine rings is 1. The first-order chi connectivity index (χ1) is 22.2. The third-order valence-corrected chi connectivity index (χ3v) is 11.6. The fourth-order valence-corrected chi connectivity index (χ4v) is 8.23. The molecule has 47 heavy (non-hydrogen) atoms. The Morgan fingerprint density at radius 2 is 1.72 bits per heavy atom. The van der Waals surface area contributed by atoms with Gasteiger partial charge in [0, 0.05) is 23.1 Å². The van der Waals surface area contributed by atoms with Gasteiger partial charge in [0.25, 0.3) is 5.91 Å². The minimum absolute atomic E-state index is 0. The van der Waals surface area contributed by atoms with Crippen LogP contribution in [0.5, 0.6) is 5.88 Å². The number of hydrogen-bond acceptors (Lipinski definition) is 8. The van der Waals surface area contributed by atoms with Crippen LogP contribution in [0.1, 0.15) is 57.8 Å². The number of nitrogens with two attached hydrogens (primary N) is 1. The number of halogens is 1. The summed E-state index contributed by atoms with van der Waals surface area (Å²) in [6.45, 7) is 0.117. The van der Waals surface area contributed by atoms with Gasteiger partial charge >= 0.3 is 0 Å². The van der Waals surface area contributed by atoms with E-state index in [1.165, 1.54) is 4.90 Å². The molecule has 13 heteroatoms. The Bertz CT molecular complexity index is 1850. The molecule has 2 aliphatic carbocycles. The number of allylic oxidation sites excluding steroid dienone is 1. The number of amides is 3. The van der Waals surface area contributed by atoms with Crippen molar-refractivity contribution < 1.29 is 27.5 Å². The second-order valence-corrected chi connectivity index (χ2v) is 15.0. The van der Waals surface area contributed by atoms with Crippen LogP contribution in [0.2, 0.25) is 0 Å². The lowest BCUT2D eigenvalue weighted by atomic mass is 10.1. The summed E-state index contributed by atoms with van der Waals surface area (Å²) in [5.41, 5.74) is 5.74. The van der Waals surface area contributed by atoms with Gasteiger partial charge in [0.2, 0.25) is 27.7 Å². The first-order valence-electron chi connectivity index (χ1n) is 16.2. The molecule has 0 spiro atoms. The van der Waals surface area contributed by atoms with Gasteiger partial charge in [-0.1, -0.05) is 61.4 Å². The van der Waals surface area contributed by atoms with E-state index >= 15 is 0 Å². The Kier molecular flexibility index (Phi) is 9.21. The number of sulfonamides is 1. The molecule has 3 fully saturated rings. The molecule has 2 saturated carbocycles. The molecule has 250 valence electrons. The fraction of sp³-hybridized carbons (Fsp3) is 0.471. The predicted octanol–water partition coefficient (Wildman–Crippen LogP) is 3.49. The summed E-state index contributed by atoms with van der Waals surface area (Å²) in [4.78, 5) is 47.6. The van der Waals surface area contributed by atoms with Crippen molar-refractivity contribution in [3.8, 4) is 5.88 Å². The van der Waals surface area contributed by atoms with E-state index in [1.807, 2.05) is 60.7 Å². The van der Waals surface area contributed by atoms with E-state index in [1.54, 1.807) is 0 Å². The van der Waals surface area contributed by atoms with Gasteiger partial charge in [-0.15, -0.1) is 12.4 Å². The predicted molar refractivity (Wildman–Crippen MR) is 180 cm³/mol. The van der Waals surface area contributed by atoms with Crippen molar-refractivity contribution in [2.45, 2.75) is 86.8 Å². The number of para-hydroxylation sites is 1. The van der Waals surface area contributed by atoms with Crippen LogP contribution in [0, 0.1) is 5.92 Å². The lowest BCUT2D eigenvalue weighted by molar-refractivity contribution is -0.140. The van der Waals surface area contributed by atoms with Crippen molar-refractivity contribution in [1.82, 2.24) is 19.9 Å². The van der Waals surface area contributed by atoms with Crippen LogP contribution in [-0.4, -0.2) is 71.5 Å². The summed E-state index contributed by atoms with van der Waals surface area (Å²) in [5.74, 6) is -1.57. The van der Waals surface area contributed by atoms with Crippen molar-refractivity contribution >= 4 is 61.8 Å². The van der Waals surface area contributed by atoms with Gasteiger partial charge in [0.1, 0.15) is 17.7 Å². The molecule has 0 radical (unpaired) electrons. The molecule has 1 saturated heterocycles. The Morgan fingerprint density at radius 1 is 1.00 bits per heavy atom. The zero-order chi connectivity index (χ0) is 32.1. The summed E-state index contributed by atoms with van der Waals surface area (Å²) in [7, 11) is -3.82. The largest absolute Gasteiger partial charge is 0.472 e. The van der Waals surface area contributed by atoms with Crippen LogP contribution in [-0.2, 0) is 24.4 Å². The SMILES string of the molecule is Cl.N[C@H]1CCCCC/C=C\[C@@H]2C[C@@]2(C(=O)NS(=O)(=O)C2CC2)NC(=O)[C@@H]2C[C@@H](Oc3nc4ccccc4c4ccccc34)CN2C1=O. The summed E-state index contributed by atoms with van der Waals surface area (Å²) in [6, 6.07) is 13.9. The van der Waals surface area contributed by atoms with Crippen LogP contribution in [0.4, 0.5) is 0 Å². The average Bonchev–Trinajstić information content (AvgIpc) is 3.97. The number of nitrogens with zero attached hydrogens (tertiary/aromatic N) is 2. The highest BCUT2D eigenvalue weighted by Gasteiger charge is 2.62. The molecule has 0 unspecified atom stereocenters. The maximum absolute atomic E-state index is 14.1. The van der Waals surface area contributed by atoms with Crippen molar-refractivity contribution in [3.05, 3.63) is 60.7 Å². The van der Waals surface area contributed by atoms with Crippen molar-refractivity contribution in [1.29, 1.82) is 0 Å². The second kappa shape index (κ2) is 13.0. The van der Waals surface area contributed by atoms with Crippen LogP contribution in [0.3, 0.4) is 0 Å². The number of aromatic nitrogens is 1. The van der Waals surface area contributed by atoms with Gasteiger partial charge in [-0.25, -0.2) is 13.4 Å². The Morgan fingerprint density at radius 3 is 2.49 bits per heavy atom. The van der Waals surface area contributed by atoms with E-state index in [0.29, 0.717) is 25.1 Å². The van der Waals surface area contributed by atoms with Gasteiger partial charge in [0.05, 0.1) is 23.4 Å². The summed E-state index contributed by atoms with van der Waals surface area (Å²) in [5, 5.41) is 5.10. The van der Waals surface area contributed by atoms with Crippen LogP contribution < -0.4 is 20.5 Å². The second-order valence-electron chi connectivity index (χ2n) is 13.1. The third kappa shape index (κ3) is 6.55. The molecule has 3 aromatic rings. The molecule has 3 amide bonds. The zero-order valence-corrected chi connectivity index (χ0v) is 27.6. The van der Waals surface area contributed by atoms with Crippen LogP contribution >= 0.6 is 12.4 Å². The molecule has 3 heterocycles. The number of carbonyl (C=O) groups excluding carboxylic acids is 3. The minimum atomic E-state index is -3.82. The number of benzene rings is 2. The van der Waals surface area contributed by atoms with Crippen molar-refractivity contribution in [3.63, 3.8) is 0 Å². The first kappa shape index (κ1) is 33.2. The highest BCUT2D eigenvalue weighted by atomic mass is 35.5. The number of rotatable bonds is 5. The van der Waals surface area contributed by atoms with Crippen molar-refractivity contribution in [2.75, 3.05) is 6.54 Å². The van der Waals surface area contributed by atoms with Gasteiger partial charge < -0.3 is 20.7 Å². The minimum Gasteiger partial charge on any atom is -0.472 e. The first-order valence-corrected chi connectivity index (χ1v) is 17.8. The highest BCUT2D eigenvalue weighted by molar-refractivity contribution is 7.91. The number of hydrogen-bond donors (Lipinski definition) is 3. The monoisotopic (exact) mass is 681 g/mol. The summed E-state index contributed by atoms with van der Waals surface area (Å²) >= 11 is 0. The molecule has 7 rings (SSSR count). The molecule has 2 aliphatic heterocycles. The zero-order valence-electron chi connectivity index (χ0n) is 26.0. The molecule has 0 bridgehead atoms. The van der Waals surface area contributed by atoms with E-state index in [9.17, 15) is 22.8 Å². The molecule has 4 N–H and O–H groups in total. The van der Waals surface area contributed by atoms with E-state index in [4.69, 9.17) is 15.5 Å². The number of ether oxygens (including phenoxy) is 1. The van der Waals surface area contributed by atoms with Gasteiger partial charge in [-0.2, -0.15) is 0 Å². The van der Waals surface area contributed by atoms with E-state index in [2.05, 4.69) is 10.0 Å². The third-order valence-electron chi connectivity index (χ3n) is 9.74. The van der Waals surface area contributed by atoms with Gasteiger partial charge in [-0.05, 0) is 56.0 Å². The molecule has 2 aromatic carbocycles. The summed E-state index contributed by atoms with van der Waals surface area (Å²) in [6.07, 6.45) is 8.56. The van der Waals surface area contributed by atoms with E-state index in [0.717, 1.165) is 47.4 Å². The maximum Gasteiger partial charge on any atom is 0.259 e. The molecule has 4 aliphatic rings. The number of nitrogens with one attached hydrogen (secondary N) is 2.